The molecule has 1 heterocycles. The van der Waals surface area contributed by atoms with Gasteiger partial charge < -0.3 is 15.6 Å². The van der Waals surface area contributed by atoms with E-state index < -0.39 is 5.60 Å². The van der Waals surface area contributed by atoms with Crippen LogP contribution in [0.4, 0.5) is 0 Å². The number of rotatable bonds is 5. The first-order valence-corrected chi connectivity index (χ1v) is 7.31. The Kier molecular flexibility index (Phi) is 5.16. The second-order valence-electron chi connectivity index (χ2n) is 5.92. The minimum absolute atomic E-state index is 0.141. The molecule has 0 bridgehead atoms. The molecular formula is C16H26N2O2. The third-order valence-electron chi connectivity index (χ3n) is 4.15. The van der Waals surface area contributed by atoms with Gasteiger partial charge in [0, 0.05) is 45.2 Å². The van der Waals surface area contributed by atoms with E-state index in [0.29, 0.717) is 39.1 Å². The summed E-state index contributed by atoms with van der Waals surface area (Å²) < 4.78 is 5.33. The molecule has 1 aliphatic heterocycles. The maximum Gasteiger partial charge on any atom is 0.0818 e. The van der Waals surface area contributed by atoms with Gasteiger partial charge in [-0.3, -0.25) is 4.90 Å². The van der Waals surface area contributed by atoms with Crippen molar-refractivity contribution in [3.8, 4) is 0 Å². The molecule has 1 atom stereocenters. The van der Waals surface area contributed by atoms with E-state index in [1.165, 1.54) is 11.1 Å². The van der Waals surface area contributed by atoms with Crippen molar-refractivity contribution < 1.29 is 9.84 Å². The molecule has 1 unspecified atom stereocenters. The predicted octanol–water partition coefficient (Wildman–Crippen LogP) is 1.47. The van der Waals surface area contributed by atoms with Gasteiger partial charge in [-0.25, -0.2) is 0 Å². The molecule has 0 spiro atoms. The van der Waals surface area contributed by atoms with Crippen LogP contribution in [0.5, 0.6) is 0 Å². The Bertz CT molecular complexity index is 430. The maximum absolute atomic E-state index is 10.6. The predicted molar refractivity (Wildman–Crippen MR) is 80.6 cm³/mol. The fraction of sp³-hybridized carbons (Fsp3) is 0.625. The Labute approximate surface area is 121 Å². The van der Waals surface area contributed by atoms with E-state index in [0.717, 1.165) is 0 Å². The van der Waals surface area contributed by atoms with Crippen LogP contribution in [0.1, 0.15) is 30.0 Å². The van der Waals surface area contributed by atoms with E-state index in [1.54, 1.807) is 0 Å². The standard InChI is InChI=1S/C16H26N2O2/c1-13-4-3-5-14(10-13)15(11-17)18(2)12-16(19)6-8-20-9-7-16/h3-5,10,15,19H,6-9,11-12,17H2,1-2H3. The third kappa shape index (κ3) is 3.79. The summed E-state index contributed by atoms with van der Waals surface area (Å²) >= 11 is 0. The number of hydrogen-bond donors (Lipinski definition) is 2. The molecule has 20 heavy (non-hydrogen) atoms. The molecule has 0 radical (unpaired) electrons. The lowest BCUT2D eigenvalue weighted by Gasteiger charge is -2.38. The van der Waals surface area contributed by atoms with Gasteiger partial charge in [0.1, 0.15) is 0 Å². The summed E-state index contributed by atoms with van der Waals surface area (Å²) in [6.07, 6.45) is 1.39. The Hall–Kier alpha value is -0.940. The van der Waals surface area contributed by atoms with Crippen LogP contribution in [0, 0.1) is 6.92 Å². The number of aliphatic hydroxyl groups is 1. The van der Waals surface area contributed by atoms with Gasteiger partial charge in [-0.2, -0.15) is 0 Å². The number of ether oxygens (including phenoxy) is 1. The Morgan fingerprint density at radius 2 is 2.10 bits per heavy atom. The summed E-state index contributed by atoms with van der Waals surface area (Å²) in [4.78, 5) is 2.17. The molecule has 3 N–H and O–H groups in total. The highest BCUT2D eigenvalue weighted by molar-refractivity contribution is 5.25. The van der Waals surface area contributed by atoms with Gasteiger partial charge in [0.05, 0.1) is 5.60 Å². The highest BCUT2D eigenvalue weighted by Gasteiger charge is 2.32. The van der Waals surface area contributed by atoms with Crippen molar-refractivity contribution in [1.82, 2.24) is 4.90 Å². The van der Waals surface area contributed by atoms with Crippen LogP contribution < -0.4 is 5.73 Å². The average Bonchev–Trinajstić information content (AvgIpc) is 2.39. The molecule has 0 aliphatic carbocycles. The van der Waals surface area contributed by atoms with Crippen LogP contribution in [-0.4, -0.2) is 49.0 Å². The molecule has 4 nitrogen and oxygen atoms in total. The molecular weight excluding hydrogens is 252 g/mol. The van der Waals surface area contributed by atoms with Gasteiger partial charge in [-0.1, -0.05) is 29.8 Å². The highest BCUT2D eigenvalue weighted by Crippen LogP contribution is 2.26. The Morgan fingerprint density at radius 3 is 2.70 bits per heavy atom. The first kappa shape index (κ1) is 15.4. The zero-order valence-corrected chi connectivity index (χ0v) is 12.5. The Balaban J connectivity index is 2.07. The minimum Gasteiger partial charge on any atom is -0.388 e. The van der Waals surface area contributed by atoms with Crippen LogP contribution in [0.3, 0.4) is 0 Å². The van der Waals surface area contributed by atoms with Gasteiger partial charge in [-0.05, 0) is 19.5 Å². The summed E-state index contributed by atoms with van der Waals surface area (Å²) in [5, 5.41) is 10.6. The van der Waals surface area contributed by atoms with Gasteiger partial charge in [0.15, 0.2) is 0 Å². The second-order valence-corrected chi connectivity index (χ2v) is 5.92. The summed E-state index contributed by atoms with van der Waals surface area (Å²) in [7, 11) is 2.04. The number of nitrogens with two attached hydrogens (primary N) is 1. The fourth-order valence-electron chi connectivity index (χ4n) is 2.93. The van der Waals surface area contributed by atoms with Crippen molar-refractivity contribution in [3.63, 3.8) is 0 Å². The van der Waals surface area contributed by atoms with Crippen molar-refractivity contribution in [1.29, 1.82) is 0 Å². The van der Waals surface area contributed by atoms with Crippen LogP contribution >= 0.6 is 0 Å². The van der Waals surface area contributed by atoms with E-state index >= 15 is 0 Å². The van der Waals surface area contributed by atoms with E-state index in [2.05, 4.69) is 36.1 Å². The van der Waals surface area contributed by atoms with Gasteiger partial charge in [0.25, 0.3) is 0 Å². The van der Waals surface area contributed by atoms with Crippen LogP contribution in [0.25, 0.3) is 0 Å². The molecule has 1 aliphatic rings. The fourth-order valence-corrected chi connectivity index (χ4v) is 2.93. The Morgan fingerprint density at radius 1 is 1.40 bits per heavy atom. The topological polar surface area (TPSA) is 58.7 Å². The van der Waals surface area contributed by atoms with Crippen molar-refractivity contribution >= 4 is 0 Å². The second kappa shape index (κ2) is 6.68. The van der Waals surface area contributed by atoms with Gasteiger partial charge in [0.2, 0.25) is 0 Å². The van der Waals surface area contributed by atoms with E-state index in [1.807, 2.05) is 7.05 Å². The van der Waals surface area contributed by atoms with Crippen LogP contribution in [0.2, 0.25) is 0 Å². The van der Waals surface area contributed by atoms with Gasteiger partial charge in [-0.15, -0.1) is 0 Å². The monoisotopic (exact) mass is 278 g/mol. The smallest absolute Gasteiger partial charge is 0.0818 e. The molecule has 0 amide bonds. The number of hydrogen-bond acceptors (Lipinski definition) is 4. The molecule has 0 aromatic heterocycles. The maximum atomic E-state index is 10.6. The molecule has 112 valence electrons. The average molecular weight is 278 g/mol. The molecule has 1 fully saturated rings. The summed E-state index contributed by atoms with van der Waals surface area (Å²) in [5.74, 6) is 0. The molecule has 1 aromatic carbocycles. The molecule has 0 saturated carbocycles. The van der Waals surface area contributed by atoms with Crippen LogP contribution in [0.15, 0.2) is 24.3 Å². The number of aryl methyl sites for hydroxylation is 1. The third-order valence-corrected chi connectivity index (χ3v) is 4.15. The summed E-state index contributed by atoms with van der Waals surface area (Å²) in [5.41, 5.74) is 7.76. The first-order chi connectivity index (χ1) is 9.54. The van der Waals surface area contributed by atoms with Crippen molar-refractivity contribution in [2.24, 2.45) is 5.73 Å². The zero-order valence-electron chi connectivity index (χ0n) is 12.5. The van der Waals surface area contributed by atoms with Crippen molar-refractivity contribution in [2.75, 3.05) is 33.4 Å². The first-order valence-electron chi connectivity index (χ1n) is 7.31. The van der Waals surface area contributed by atoms with Crippen molar-refractivity contribution in [3.05, 3.63) is 35.4 Å². The largest absolute Gasteiger partial charge is 0.388 e. The molecule has 4 heteroatoms. The molecule has 2 rings (SSSR count). The van der Waals surface area contributed by atoms with E-state index in [-0.39, 0.29) is 6.04 Å². The lowest BCUT2D eigenvalue weighted by Crippen LogP contribution is -2.47. The normalized spacial score (nSPS) is 20.1. The lowest BCUT2D eigenvalue weighted by molar-refractivity contribution is -0.0812. The van der Waals surface area contributed by atoms with Gasteiger partial charge >= 0.3 is 0 Å². The number of benzene rings is 1. The van der Waals surface area contributed by atoms with Crippen LogP contribution in [-0.2, 0) is 4.74 Å². The SMILES string of the molecule is Cc1cccc(C(CN)N(C)CC2(O)CCOCC2)c1. The molecule has 1 saturated heterocycles. The number of nitrogens with zero attached hydrogens (tertiary/aromatic N) is 1. The molecule has 1 aromatic rings. The van der Waals surface area contributed by atoms with Crippen molar-refractivity contribution in [2.45, 2.75) is 31.4 Å². The zero-order chi connectivity index (χ0) is 14.6. The summed E-state index contributed by atoms with van der Waals surface area (Å²) in [6.45, 7) is 4.55. The quantitative estimate of drug-likeness (QED) is 0.856. The lowest BCUT2D eigenvalue weighted by atomic mass is 9.92. The minimum atomic E-state index is -0.649. The highest BCUT2D eigenvalue weighted by atomic mass is 16.5. The number of likely N-dealkylation sites (N-methyl/N-ethyl adjacent to an activating group) is 1. The van der Waals surface area contributed by atoms with E-state index in [4.69, 9.17) is 10.5 Å². The summed E-state index contributed by atoms with van der Waals surface area (Å²) in [6, 6.07) is 8.56. The van der Waals surface area contributed by atoms with E-state index in [9.17, 15) is 5.11 Å².